The smallest absolute Gasteiger partial charge is 0.233 e. The normalized spacial score (nSPS) is 17.4. The summed E-state index contributed by atoms with van der Waals surface area (Å²) in [5.41, 5.74) is 1.09. The molecule has 1 heterocycles. The first-order valence-electron chi connectivity index (χ1n) is 9.10. The van der Waals surface area contributed by atoms with E-state index in [0.717, 1.165) is 54.8 Å². The van der Waals surface area contributed by atoms with Crippen LogP contribution >= 0.6 is 11.8 Å². The van der Waals surface area contributed by atoms with E-state index in [9.17, 15) is 13.6 Å². The second kappa shape index (κ2) is 9.22. The largest absolute Gasteiger partial charge is 0.497 e. The van der Waals surface area contributed by atoms with Crippen LogP contribution in [0.5, 0.6) is 5.75 Å². The number of rotatable bonds is 5. The first kappa shape index (κ1) is 19.7. The molecule has 6 heteroatoms. The zero-order chi connectivity index (χ0) is 19.2. The maximum Gasteiger partial charge on any atom is 0.233 e. The van der Waals surface area contributed by atoms with Crippen molar-refractivity contribution in [3.63, 3.8) is 0 Å². The van der Waals surface area contributed by atoms with Crippen LogP contribution in [0.25, 0.3) is 0 Å². The third-order valence-corrected chi connectivity index (χ3v) is 5.85. The highest BCUT2D eigenvalue weighted by atomic mass is 32.2. The van der Waals surface area contributed by atoms with E-state index in [2.05, 4.69) is 0 Å². The van der Waals surface area contributed by atoms with Crippen LogP contribution < -0.4 is 4.74 Å². The maximum atomic E-state index is 13.8. The highest BCUT2D eigenvalue weighted by Crippen LogP contribution is 2.32. The number of benzene rings is 2. The predicted molar refractivity (Wildman–Crippen MR) is 103 cm³/mol. The number of methoxy groups -OCH3 is 1. The summed E-state index contributed by atoms with van der Waals surface area (Å²) in [5, 5.41) is 0. The molecule has 1 saturated heterocycles. The van der Waals surface area contributed by atoms with Crippen LogP contribution in [0.1, 0.15) is 37.3 Å². The Kier molecular flexibility index (Phi) is 6.72. The number of hydrogen-bond donors (Lipinski definition) is 0. The van der Waals surface area contributed by atoms with Crippen molar-refractivity contribution in [1.82, 2.24) is 4.90 Å². The molecule has 2 aromatic carbocycles. The molecule has 0 saturated carbocycles. The van der Waals surface area contributed by atoms with E-state index < -0.39 is 11.6 Å². The lowest BCUT2D eigenvalue weighted by Gasteiger charge is -2.30. The van der Waals surface area contributed by atoms with Gasteiger partial charge in [-0.3, -0.25) is 4.79 Å². The van der Waals surface area contributed by atoms with Gasteiger partial charge in [0.15, 0.2) is 0 Å². The number of nitrogens with zero attached hydrogens (tertiary/aromatic N) is 1. The molecule has 0 aromatic heterocycles. The Morgan fingerprint density at radius 2 is 1.93 bits per heavy atom. The Balaban J connectivity index is 1.72. The maximum absolute atomic E-state index is 13.8. The van der Waals surface area contributed by atoms with Gasteiger partial charge in [0.2, 0.25) is 5.91 Å². The van der Waals surface area contributed by atoms with Gasteiger partial charge in [0.25, 0.3) is 0 Å². The fourth-order valence-corrected chi connectivity index (χ4v) is 4.20. The van der Waals surface area contributed by atoms with Crippen molar-refractivity contribution in [2.45, 2.75) is 36.6 Å². The van der Waals surface area contributed by atoms with Crippen LogP contribution in [-0.2, 0) is 4.79 Å². The average molecular weight is 391 g/mol. The molecular weight excluding hydrogens is 368 g/mol. The number of likely N-dealkylation sites (tertiary alicyclic amines) is 1. The van der Waals surface area contributed by atoms with E-state index in [1.165, 1.54) is 12.1 Å². The molecule has 1 atom stereocenters. The van der Waals surface area contributed by atoms with Gasteiger partial charge in [-0.15, -0.1) is 11.8 Å². The highest BCUT2D eigenvalue weighted by molar-refractivity contribution is 8.00. The van der Waals surface area contributed by atoms with E-state index >= 15 is 0 Å². The molecular formula is C21H23F2NO2S. The number of amides is 1. The zero-order valence-corrected chi connectivity index (χ0v) is 16.1. The molecule has 2 aromatic rings. The van der Waals surface area contributed by atoms with Gasteiger partial charge >= 0.3 is 0 Å². The molecule has 144 valence electrons. The fourth-order valence-electron chi connectivity index (χ4n) is 3.39. The van der Waals surface area contributed by atoms with Crippen LogP contribution in [0.2, 0.25) is 0 Å². The van der Waals surface area contributed by atoms with Crippen molar-refractivity contribution < 1.29 is 18.3 Å². The van der Waals surface area contributed by atoms with Gasteiger partial charge in [-0.25, -0.2) is 8.78 Å². The number of thioether (sulfide) groups is 1. The van der Waals surface area contributed by atoms with Gasteiger partial charge in [0, 0.05) is 17.5 Å². The van der Waals surface area contributed by atoms with Crippen LogP contribution in [0.15, 0.2) is 47.4 Å². The van der Waals surface area contributed by atoms with Gasteiger partial charge in [-0.1, -0.05) is 25.0 Å². The van der Waals surface area contributed by atoms with Crippen molar-refractivity contribution in [3.05, 3.63) is 59.7 Å². The fraction of sp³-hybridized carbons (Fsp3) is 0.381. The summed E-state index contributed by atoms with van der Waals surface area (Å²) in [6.45, 7) is 0.696. The lowest BCUT2D eigenvalue weighted by atomic mass is 10.0. The number of hydrogen-bond acceptors (Lipinski definition) is 3. The predicted octanol–water partition coefficient (Wildman–Crippen LogP) is 5.21. The van der Waals surface area contributed by atoms with E-state index in [1.54, 1.807) is 7.11 Å². The number of carbonyl (C=O) groups is 1. The lowest BCUT2D eigenvalue weighted by Crippen LogP contribution is -2.36. The molecule has 3 rings (SSSR count). The van der Waals surface area contributed by atoms with Gasteiger partial charge in [0.1, 0.15) is 17.4 Å². The van der Waals surface area contributed by atoms with E-state index in [1.807, 2.05) is 29.2 Å². The molecule has 1 aliphatic rings. The Morgan fingerprint density at radius 3 is 2.63 bits per heavy atom. The van der Waals surface area contributed by atoms with Crippen molar-refractivity contribution in [1.29, 1.82) is 0 Å². The Labute approximate surface area is 162 Å². The standard InChI is InChI=1S/C21H23F2NO2S/c1-26-17-9-6-15(7-10-17)19-5-3-2-4-12-24(19)21(25)14-27-20-11-8-16(22)13-18(20)23/h6-11,13,19H,2-5,12,14H2,1H3. The summed E-state index contributed by atoms with van der Waals surface area (Å²) in [7, 11) is 1.63. The third kappa shape index (κ3) is 5.01. The molecule has 0 spiro atoms. The molecule has 1 amide bonds. The Morgan fingerprint density at radius 1 is 1.15 bits per heavy atom. The second-order valence-electron chi connectivity index (χ2n) is 6.59. The number of ether oxygens (including phenoxy) is 1. The molecule has 1 fully saturated rings. The minimum Gasteiger partial charge on any atom is -0.497 e. The Hall–Kier alpha value is -2.08. The molecule has 0 aliphatic carbocycles. The van der Waals surface area contributed by atoms with E-state index in [0.29, 0.717) is 11.4 Å². The number of carbonyl (C=O) groups excluding carboxylic acids is 1. The van der Waals surface area contributed by atoms with Gasteiger partial charge in [-0.05, 0) is 42.7 Å². The molecule has 27 heavy (non-hydrogen) atoms. The van der Waals surface area contributed by atoms with Gasteiger partial charge in [0.05, 0.1) is 18.9 Å². The topological polar surface area (TPSA) is 29.5 Å². The zero-order valence-electron chi connectivity index (χ0n) is 15.3. The van der Waals surface area contributed by atoms with Crippen molar-refractivity contribution in [3.8, 4) is 5.75 Å². The lowest BCUT2D eigenvalue weighted by molar-refractivity contribution is -0.130. The quantitative estimate of drug-likeness (QED) is 0.656. The summed E-state index contributed by atoms with van der Waals surface area (Å²) in [6.07, 6.45) is 4.04. The summed E-state index contributed by atoms with van der Waals surface area (Å²) >= 11 is 1.11. The summed E-state index contributed by atoms with van der Waals surface area (Å²) in [6, 6.07) is 11.3. The monoisotopic (exact) mass is 391 g/mol. The summed E-state index contributed by atoms with van der Waals surface area (Å²) in [5.74, 6) is -0.348. The van der Waals surface area contributed by atoms with Gasteiger partial charge < -0.3 is 9.64 Å². The van der Waals surface area contributed by atoms with Crippen LogP contribution in [0, 0.1) is 11.6 Å². The number of halogens is 2. The van der Waals surface area contributed by atoms with E-state index in [4.69, 9.17) is 4.74 Å². The second-order valence-corrected chi connectivity index (χ2v) is 7.61. The summed E-state index contributed by atoms with van der Waals surface area (Å²) in [4.78, 5) is 15.1. The molecule has 0 bridgehead atoms. The summed E-state index contributed by atoms with van der Waals surface area (Å²) < 4.78 is 32.1. The van der Waals surface area contributed by atoms with Gasteiger partial charge in [-0.2, -0.15) is 0 Å². The Bertz CT molecular complexity index is 782. The highest BCUT2D eigenvalue weighted by Gasteiger charge is 2.27. The van der Waals surface area contributed by atoms with Crippen molar-refractivity contribution in [2.24, 2.45) is 0 Å². The first-order valence-corrected chi connectivity index (χ1v) is 10.1. The molecule has 1 aliphatic heterocycles. The SMILES string of the molecule is COc1ccc(C2CCCCCN2C(=O)CSc2ccc(F)cc2F)cc1. The van der Waals surface area contributed by atoms with Crippen LogP contribution in [0.3, 0.4) is 0 Å². The molecule has 1 unspecified atom stereocenters. The molecule has 0 N–H and O–H groups in total. The third-order valence-electron chi connectivity index (χ3n) is 4.82. The van der Waals surface area contributed by atoms with E-state index in [-0.39, 0.29) is 17.7 Å². The van der Waals surface area contributed by atoms with Crippen LogP contribution in [0.4, 0.5) is 8.78 Å². The average Bonchev–Trinajstić information content (AvgIpc) is 2.93. The first-order chi connectivity index (χ1) is 13.1. The molecule has 0 radical (unpaired) electrons. The van der Waals surface area contributed by atoms with Crippen molar-refractivity contribution in [2.75, 3.05) is 19.4 Å². The van der Waals surface area contributed by atoms with Crippen molar-refractivity contribution >= 4 is 17.7 Å². The van der Waals surface area contributed by atoms with Crippen LogP contribution in [-0.4, -0.2) is 30.2 Å². The minimum atomic E-state index is -0.629. The molecule has 3 nitrogen and oxygen atoms in total. The minimum absolute atomic E-state index is 0.0181.